The SMILES string of the molecule is CC1Cc2cc(S(N)(=O)=O)ccc2N1Cc1ncccc1Cl. The molecule has 1 aliphatic rings. The average molecular weight is 338 g/mol. The minimum absolute atomic E-state index is 0.149. The summed E-state index contributed by atoms with van der Waals surface area (Å²) in [6, 6.07) is 8.85. The van der Waals surface area contributed by atoms with Gasteiger partial charge in [-0.15, -0.1) is 0 Å². The highest BCUT2D eigenvalue weighted by molar-refractivity contribution is 7.89. The minimum Gasteiger partial charge on any atom is -0.362 e. The van der Waals surface area contributed by atoms with Gasteiger partial charge in [-0.2, -0.15) is 0 Å². The number of rotatable bonds is 3. The van der Waals surface area contributed by atoms with Crippen LogP contribution in [0.1, 0.15) is 18.2 Å². The lowest BCUT2D eigenvalue weighted by atomic mass is 10.1. The molecule has 5 nitrogen and oxygen atoms in total. The Bertz CT molecular complexity index is 823. The van der Waals surface area contributed by atoms with Crippen molar-refractivity contribution in [2.24, 2.45) is 5.14 Å². The summed E-state index contributed by atoms with van der Waals surface area (Å²) >= 11 is 6.18. The molecule has 0 fully saturated rings. The van der Waals surface area contributed by atoms with E-state index in [0.29, 0.717) is 11.6 Å². The maximum atomic E-state index is 11.5. The van der Waals surface area contributed by atoms with Crippen molar-refractivity contribution < 1.29 is 8.42 Å². The minimum atomic E-state index is -3.68. The van der Waals surface area contributed by atoms with E-state index in [9.17, 15) is 8.42 Å². The van der Waals surface area contributed by atoms with Crippen LogP contribution in [0.2, 0.25) is 5.02 Å². The molecule has 0 aliphatic carbocycles. The molecule has 3 rings (SSSR count). The Hall–Kier alpha value is -1.63. The van der Waals surface area contributed by atoms with E-state index in [1.165, 1.54) is 0 Å². The van der Waals surface area contributed by atoms with Gasteiger partial charge in [-0.3, -0.25) is 4.98 Å². The Morgan fingerprint density at radius 1 is 1.41 bits per heavy atom. The molecular formula is C15H16ClN3O2S. The number of fused-ring (bicyclic) bond motifs is 1. The Kier molecular flexibility index (Phi) is 3.84. The number of nitrogens with zero attached hydrogens (tertiary/aromatic N) is 2. The van der Waals surface area contributed by atoms with Crippen molar-refractivity contribution in [2.45, 2.75) is 30.8 Å². The van der Waals surface area contributed by atoms with Gasteiger partial charge in [0.05, 0.1) is 22.2 Å². The molecule has 0 spiro atoms. The van der Waals surface area contributed by atoms with Gasteiger partial charge in [0.25, 0.3) is 0 Å². The van der Waals surface area contributed by atoms with Crippen LogP contribution < -0.4 is 10.0 Å². The van der Waals surface area contributed by atoms with Gasteiger partial charge in [-0.25, -0.2) is 13.6 Å². The van der Waals surface area contributed by atoms with Crippen molar-refractivity contribution in [3.8, 4) is 0 Å². The predicted octanol–water partition coefficient (Wildman–Crippen LogP) is 2.33. The molecule has 0 saturated carbocycles. The van der Waals surface area contributed by atoms with Crippen LogP contribution in [-0.2, 0) is 23.0 Å². The van der Waals surface area contributed by atoms with Gasteiger partial charge in [0.2, 0.25) is 10.0 Å². The second-order valence-corrected chi connectivity index (χ2v) is 7.42. The van der Waals surface area contributed by atoms with Crippen molar-refractivity contribution in [3.05, 3.63) is 52.8 Å². The first-order valence-electron chi connectivity index (χ1n) is 6.88. The number of hydrogen-bond donors (Lipinski definition) is 1. The van der Waals surface area contributed by atoms with Crippen LogP contribution in [0.15, 0.2) is 41.4 Å². The standard InChI is InChI=1S/C15H16ClN3O2S/c1-10-7-11-8-12(22(17,20)21)4-5-15(11)19(10)9-14-13(16)3-2-6-18-14/h2-6,8,10H,7,9H2,1H3,(H2,17,20,21). The van der Waals surface area contributed by atoms with Crippen LogP contribution in [0.5, 0.6) is 0 Å². The zero-order chi connectivity index (χ0) is 15.9. The average Bonchev–Trinajstić information content (AvgIpc) is 2.76. The summed E-state index contributed by atoms with van der Waals surface area (Å²) < 4.78 is 22.9. The van der Waals surface area contributed by atoms with E-state index in [-0.39, 0.29) is 10.9 Å². The van der Waals surface area contributed by atoms with E-state index < -0.39 is 10.0 Å². The molecule has 0 saturated heterocycles. The van der Waals surface area contributed by atoms with Crippen LogP contribution in [0.25, 0.3) is 0 Å². The Labute approximate surface area is 134 Å². The van der Waals surface area contributed by atoms with Crippen LogP contribution in [0.3, 0.4) is 0 Å². The molecule has 1 unspecified atom stereocenters. The number of sulfonamides is 1. The fourth-order valence-electron chi connectivity index (χ4n) is 2.79. The van der Waals surface area contributed by atoms with E-state index in [0.717, 1.165) is 23.4 Å². The van der Waals surface area contributed by atoms with Crippen LogP contribution in [0, 0.1) is 0 Å². The first-order chi connectivity index (χ1) is 10.4. The smallest absolute Gasteiger partial charge is 0.238 e. The van der Waals surface area contributed by atoms with Crippen molar-refractivity contribution in [3.63, 3.8) is 0 Å². The number of aromatic nitrogens is 1. The number of hydrogen-bond acceptors (Lipinski definition) is 4. The van der Waals surface area contributed by atoms with Crippen molar-refractivity contribution in [1.29, 1.82) is 0 Å². The summed E-state index contributed by atoms with van der Waals surface area (Å²) in [5, 5.41) is 5.82. The number of nitrogens with two attached hydrogens (primary N) is 1. The molecule has 116 valence electrons. The van der Waals surface area contributed by atoms with E-state index in [4.69, 9.17) is 16.7 Å². The van der Waals surface area contributed by atoms with E-state index >= 15 is 0 Å². The molecule has 0 amide bonds. The topological polar surface area (TPSA) is 76.3 Å². The molecule has 1 aliphatic heterocycles. The maximum Gasteiger partial charge on any atom is 0.238 e. The summed E-state index contributed by atoms with van der Waals surface area (Å²) in [5.74, 6) is 0. The fraction of sp³-hybridized carbons (Fsp3) is 0.267. The third kappa shape index (κ3) is 2.82. The van der Waals surface area contributed by atoms with Gasteiger partial charge in [0.1, 0.15) is 0 Å². The normalized spacial score (nSPS) is 17.6. The summed E-state index contributed by atoms with van der Waals surface area (Å²) in [6.45, 7) is 2.68. The molecule has 1 atom stereocenters. The molecule has 0 radical (unpaired) electrons. The number of anilines is 1. The van der Waals surface area contributed by atoms with E-state index in [1.54, 1.807) is 30.5 Å². The highest BCUT2D eigenvalue weighted by atomic mass is 35.5. The predicted molar refractivity (Wildman–Crippen MR) is 86.4 cm³/mol. The highest BCUT2D eigenvalue weighted by Gasteiger charge is 2.28. The largest absolute Gasteiger partial charge is 0.362 e. The van der Waals surface area contributed by atoms with Crippen molar-refractivity contribution in [2.75, 3.05) is 4.90 Å². The lowest BCUT2D eigenvalue weighted by molar-refractivity contribution is 0.597. The molecule has 2 heterocycles. The second kappa shape index (κ2) is 5.53. The molecule has 7 heteroatoms. The number of primary sulfonamides is 1. The molecular weight excluding hydrogens is 322 g/mol. The summed E-state index contributed by atoms with van der Waals surface area (Å²) in [4.78, 5) is 6.64. The number of benzene rings is 1. The molecule has 1 aromatic heterocycles. The summed E-state index contributed by atoms with van der Waals surface area (Å²) in [7, 11) is -3.68. The van der Waals surface area contributed by atoms with Crippen LogP contribution >= 0.6 is 11.6 Å². The number of pyridine rings is 1. The van der Waals surface area contributed by atoms with Gasteiger partial charge >= 0.3 is 0 Å². The van der Waals surface area contributed by atoms with E-state index in [1.807, 2.05) is 6.07 Å². The second-order valence-electron chi connectivity index (χ2n) is 5.45. The lowest BCUT2D eigenvalue weighted by Gasteiger charge is -2.24. The van der Waals surface area contributed by atoms with E-state index in [2.05, 4.69) is 16.8 Å². The number of halogens is 1. The van der Waals surface area contributed by atoms with Crippen molar-refractivity contribution >= 4 is 27.3 Å². The molecule has 22 heavy (non-hydrogen) atoms. The molecule has 2 N–H and O–H groups in total. The Balaban J connectivity index is 1.95. The summed E-state index contributed by atoms with van der Waals surface area (Å²) in [5.41, 5.74) is 2.78. The quantitative estimate of drug-likeness (QED) is 0.932. The first kappa shape index (κ1) is 15.3. The third-order valence-corrected chi connectivity index (χ3v) is 5.15. The Morgan fingerprint density at radius 2 is 2.18 bits per heavy atom. The van der Waals surface area contributed by atoms with Gasteiger partial charge in [0, 0.05) is 17.9 Å². The third-order valence-electron chi connectivity index (χ3n) is 3.89. The van der Waals surface area contributed by atoms with Gasteiger partial charge < -0.3 is 4.90 Å². The lowest BCUT2D eigenvalue weighted by Crippen LogP contribution is -2.29. The van der Waals surface area contributed by atoms with Gasteiger partial charge in [-0.05, 0) is 49.2 Å². The zero-order valence-electron chi connectivity index (χ0n) is 12.0. The monoisotopic (exact) mass is 337 g/mol. The first-order valence-corrected chi connectivity index (χ1v) is 8.80. The van der Waals surface area contributed by atoms with Crippen LogP contribution in [0.4, 0.5) is 5.69 Å². The summed E-state index contributed by atoms with van der Waals surface area (Å²) in [6.07, 6.45) is 2.48. The fourth-order valence-corrected chi connectivity index (χ4v) is 3.53. The Morgan fingerprint density at radius 3 is 2.86 bits per heavy atom. The maximum absolute atomic E-state index is 11.5. The van der Waals surface area contributed by atoms with Gasteiger partial charge in [0.15, 0.2) is 0 Å². The van der Waals surface area contributed by atoms with Crippen molar-refractivity contribution in [1.82, 2.24) is 4.98 Å². The zero-order valence-corrected chi connectivity index (χ0v) is 13.6. The molecule has 1 aromatic carbocycles. The van der Waals surface area contributed by atoms with Crippen LogP contribution in [-0.4, -0.2) is 19.4 Å². The molecule has 2 aromatic rings. The van der Waals surface area contributed by atoms with Gasteiger partial charge in [-0.1, -0.05) is 11.6 Å². The highest BCUT2D eigenvalue weighted by Crippen LogP contribution is 2.35. The molecule has 0 bridgehead atoms.